The second-order valence-corrected chi connectivity index (χ2v) is 3.64. The Morgan fingerprint density at radius 3 is 2.73 bits per heavy atom. The number of hydrogen-bond donors (Lipinski definition) is 1. The molecule has 0 unspecified atom stereocenters. The summed E-state index contributed by atoms with van der Waals surface area (Å²) in [6, 6.07) is 8.04. The average molecular weight is 202 g/mol. The lowest BCUT2D eigenvalue weighted by molar-refractivity contribution is 0.281. The number of nitrogens with zero attached hydrogens (tertiary/aromatic N) is 2. The van der Waals surface area contributed by atoms with Gasteiger partial charge in [-0.05, 0) is 30.2 Å². The van der Waals surface area contributed by atoms with Crippen molar-refractivity contribution in [1.29, 1.82) is 0 Å². The third-order valence-corrected chi connectivity index (χ3v) is 2.64. The Bertz CT molecular complexity index is 474. The molecule has 15 heavy (non-hydrogen) atoms. The molecule has 78 valence electrons. The minimum Gasteiger partial charge on any atom is -0.392 e. The minimum absolute atomic E-state index is 0.0809. The van der Waals surface area contributed by atoms with Crippen LogP contribution in [0.5, 0.6) is 0 Å². The number of benzene rings is 1. The van der Waals surface area contributed by atoms with Crippen LogP contribution in [0.25, 0.3) is 11.3 Å². The fourth-order valence-electron chi connectivity index (χ4n) is 1.66. The summed E-state index contributed by atoms with van der Waals surface area (Å²) in [5.74, 6) is 0. The summed E-state index contributed by atoms with van der Waals surface area (Å²) in [5, 5.41) is 13.3. The van der Waals surface area contributed by atoms with Crippen LogP contribution < -0.4 is 0 Å². The molecule has 0 aliphatic rings. The van der Waals surface area contributed by atoms with Crippen LogP contribution in [0, 0.1) is 6.92 Å². The van der Waals surface area contributed by atoms with Crippen molar-refractivity contribution in [3.05, 3.63) is 41.6 Å². The zero-order valence-electron chi connectivity index (χ0n) is 8.94. The van der Waals surface area contributed by atoms with E-state index >= 15 is 0 Å². The summed E-state index contributed by atoms with van der Waals surface area (Å²) in [5.41, 5.74) is 4.23. The molecule has 2 rings (SSSR count). The van der Waals surface area contributed by atoms with Gasteiger partial charge in [-0.25, -0.2) is 0 Å². The fraction of sp³-hybridized carbons (Fsp3) is 0.250. The lowest BCUT2D eigenvalue weighted by atomic mass is 10.0. The SMILES string of the molecule is Cc1ccc(-c2ccnn2C)cc1CO. The van der Waals surface area contributed by atoms with Crippen LogP contribution >= 0.6 is 0 Å². The van der Waals surface area contributed by atoms with Crippen LogP contribution in [0.15, 0.2) is 30.5 Å². The number of aliphatic hydroxyl groups is 1. The molecular weight excluding hydrogens is 188 g/mol. The summed E-state index contributed by atoms with van der Waals surface area (Å²) in [4.78, 5) is 0. The lowest BCUT2D eigenvalue weighted by Crippen LogP contribution is -1.95. The highest BCUT2D eigenvalue weighted by molar-refractivity contribution is 5.61. The lowest BCUT2D eigenvalue weighted by Gasteiger charge is -2.06. The van der Waals surface area contributed by atoms with Gasteiger partial charge in [-0.15, -0.1) is 0 Å². The molecule has 3 nitrogen and oxygen atoms in total. The van der Waals surface area contributed by atoms with E-state index in [4.69, 9.17) is 0 Å². The van der Waals surface area contributed by atoms with E-state index in [1.54, 1.807) is 6.20 Å². The monoisotopic (exact) mass is 202 g/mol. The van der Waals surface area contributed by atoms with E-state index in [2.05, 4.69) is 5.10 Å². The molecule has 0 atom stereocenters. The number of hydrogen-bond acceptors (Lipinski definition) is 2. The van der Waals surface area contributed by atoms with Crippen molar-refractivity contribution in [3.63, 3.8) is 0 Å². The van der Waals surface area contributed by atoms with Crippen molar-refractivity contribution in [2.24, 2.45) is 7.05 Å². The normalized spacial score (nSPS) is 10.6. The van der Waals surface area contributed by atoms with Gasteiger partial charge in [0, 0.05) is 18.8 Å². The van der Waals surface area contributed by atoms with Gasteiger partial charge in [0.1, 0.15) is 0 Å². The molecule has 0 radical (unpaired) electrons. The van der Waals surface area contributed by atoms with Gasteiger partial charge in [-0.1, -0.05) is 12.1 Å². The van der Waals surface area contributed by atoms with Crippen LogP contribution in [0.3, 0.4) is 0 Å². The van der Waals surface area contributed by atoms with Gasteiger partial charge in [0.15, 0.2) is 0 Å². The zero-order valence-corrected chi connectivity index (χ0v) is 8.94. The molecule has 0 amide bonds. The molecule has 0 aliphatic carbocycles. The Morgan fingerprint density at radius 2 is 2.13 bits per heavy atom. The second kappa shape index (κ2) is 3.87. The van der Waals surface area contributed by atoms with Crippen molar-refractivity contribution < 1.29 is 5.11 Å². The van der Waals surface area contributed by atoms with Crippen LogP contribution in [-0.4, -0.2) is 14.9 Å². The molecule has 0 spiro atoms. The Morgan fingerprint density at radius 1 is 1.33 bits per heavy atom. The maximum absolute atomic E-state index is 9.19. The molecule has 3 heteroatoms. The quantitative estimate of drug-likeness (QED) is 0.807. The van der Waals surface area contributed by atoms with Gasteiger partial charge in [-0.2, -0.15) is 5.10 Å². The van der Waals surface area contributed by atoms with E-state index in [1.165, 1.54) is 0 Å². The van der Waals surface area contributed by atoms with Gasteiger partial charge < -0.3 is 5.11 Å². The van der Waals surface area contributed by atoms with E-state index in [0.717, 1.165) is 22.4 Å². The largest absolute Gasteiger partial charge is 0.392 e. The number of aliphatic hydroxyl groups excluding tert-OH is 1. The van der Waals surface area contributed by atoms with E-state index in [1.807, 2.05) is 42.9 Å². The van der Waals surface area contributed by atoms with Crippen LogP contribution in [-0.2, 0) is 13.7 Å². The fourth-order valence-corrected chi connectivity index (χ4v) is 1.66. The minimum atomic E-state index is 0.0809. The maximum Gasteiger partial charge on any atom is 0.0684 e. The molecular formula is C12H14N2O. The summed E-state index contributed by atoms with van der Waals surface area (Å²) >= 11 is 0. The standard InChI is InChI=1S/C12H14N2O/c1-9-3-4-10(7-11(9)8-15)12-5-6-13-14(12)2/h3-7,15H,8H2,1-2H3. The first-order valence-electron chi connectivity index (χ1n) is 4.91. The van der Waals surface area contributed by atoms with Crippen molar-refractivity contribution >= 4 is 0 Å². The molecule has 1 aromatic carbocycles. The van der Waals surface area contributed by atoms with Crippen LogP contribution in [0.1, 0.15) is 11.1 Å². The first-order valence-corrected chi connectivity index (χ1v) is 4.91. The number of rotatable bonds is 2. The molecule has 0 fully saturated rings. The van der Waals surface area contributed by atoms with Gasteiger partial charge in [0.2, 0.25) is 0 Å². The second-order valence-electron chi connectivity index (χ2n) is 3.64. The third-order valence-electron chi connectivity index (χ3n) is 2.64. The van der Waals surface area contributed by atoms with Gasteiger partial charge in [-0.3, -0.25) is 4.68 Å². The smallest absolute Gasteiger partial charge is 0.0684 e. The van der Waals surface area contributed by atoms with Crippen molar-refractivity contribution in [2.45, 2.75) is 13.5 Å². The zero-order chi connectivity index (χ0) is 10.8. The van der Waals surface area contributed by atoms with Crippen LogP contribution in [0.2, 0.25) is 0 Å². The Balaban J connectivity index is 2.51. The predicted molar refractivity (Wildman–Crippen MR) is 59.3 cm³/mol. The summed E-state index contributed by atoms with van der Waals surface area (Å²) in [6.45, 7) is 2.08. The van der Waals surface area contributed by atoms with E-state index in [0.29, 0.717) is 0 Å². The third kappa shape index (κ3) is 1.78. The van der Waals surface area contributed by atoms with Crippen LogP contribution in [0.4, 0.5) is 0 Å². The predicted octanol–water partition coefficient (Wildman–Crippen LogP) is 1.89. The first-order chi connectivity index (χ1) is 7.22. The van der Waals surface area contributed by atoms with E-state index < -0.39 is 0 Å². The highest BCUT2D eigenvalue weighted by Crippen LogP contribution is 2.21. The summed E-state index contributed by atoms with van der Waals surface area (Å²) in [7, 11) is 1.91. The average Bonchev–Trinajstić information content (AvgIpc) is 2.65. The highest BCUT2D eigenvalue weighted by atomic mass is 16.3. The molecule has 0 saturated carbocycles. The van der Waals surface area contributed by atoms with E-state index in [9.17, 15) is 5.11 Å². The van der Waals surface area contributed by atoms with E-state index in [-0.39, 0.29) is 6.61 Å². The molecule has 1 aromatic heterocycles. The number of aromatic nitrogens is 2. The molecule has 1 heterocycles. The maximum atomic E-state index is 9.19. The molecule has 0 aliphatic heterocycles. The summed E-state index contributed by atoms with van der Waals surface area (Å²) < 4.78 is 1.83. The van der Waals surface area contributed by atoms with Gasteiger partial charge in [0.25, 0.3) is 0 Å². The van der Waals surface area contributed by atoms with Crippen molar-refractivity contribution in [2.75, 3.05) is 0 Å². The summed E-state index contributed by atoms with van der Waals surface area (Å²) in [6.07, 6.45) is 1.77. The Kier molecular flexibility index (Phi) is 2.56. The molecule has 0 bridgehead atoms. The Hall–Kier alpha value is -1.61. The van der Waals surface area contributed by atoms with Gasteiger partial charge >= 0.3 is 0 Å². The van der Waals surface area contributed by atoms with Gasteiger partial charge in [0.05, 0.1) is 12.3 Å². The van der Waals surface area contributed by atoms with Crippen molar-refractivity contribution in [3.8, 4) is 11.3 Å². The van der Waals surface area contributed by atoms with Crippen molar-refractivity contribution in [1.82, 2.24) is 9.78 Å². The highest BCUT2D eigenvalue weighted by Gasteiger charge is 2.04. The number of aryl methyl sites for hydroxylation is 2. The Labute approximate surface area is 89.0 Å². The molecule has 1 N–H and O–H groups in total. The molecule has 2 aromatic rings. The topological polar surface area (TPSA) is 38.0 Å². The first kappa shape index (κ1) is 9.93. The molecule has 0 saturated heterocycles.